The molecule has 0 fully saturated rings. The van der Waals surface area contributed by atoms with Gasteiger partial charge in [-0.15, -0.1) is 0 Å². The van der Waals surface area contributed by atoms with Crippen molar-refractivity contribution in [3.05, 3.63) is 133 Å². The second-order valence-electron chi connectivity index (χ2n) is 8.39. The number of benzene rings is 7. The maximum atomic E-state index is 9.07. The number of hydrogen-bond donors (Lipinski definition) is 0. The third-order valence-corrected chi connectivity index (χ3v) is 6.54. The van der Waals surface area contributed by atoms with Crippen molar-refractivity contribution in [2.24, 2.45) is 0 Å². The summed E-state index contributed by atoms with van der Waals surface area (Å²) in [5, 5.41) is 6.34. The van der Waals surface area contributed by atoms with Crippen molar-refractivity contribution < 1.29 is 9.60 Å². The van der Waals surface area contributed by atoms with E-state index in [1.165, 1.54) is 12.1 Å². The minimum Gasteiger partial charge on any atom is -0.0622 e. The van der Waals surface area contributed by atoms with E-state index < -0.39 is 0 Å². The molecular weight excluding hydrogens is 408 g/mol. The predicted octanol–water partition coefficient (Wildman–Crippen LogP) is 9.63. The van der Waals surface area contributed by atoms with E-state index in [0.717, 1.165) is 32.5 Å². The second kappa shape index (κ2) is 7.57. The summed E-state index contributed by atoms with van der Waals surface area (Å²) in [4.78, 5) is 0. The van der Waals surface area contributed by atoms with E-state index in [1.807, 2.05) is 48.5 Å². The molecule has 0 radical (unpaired) electrons. The molecule has 0 aliphatic carbocycles. The quantitative estimate of drug-likeness (QED) is 0.186. The molecule has 0 aromatic heterocycles. The third kappa shape index (κ3) is 2.86. The summed E-state index contributed by atoms with van der Waals surface area (Å²) in [6, 6.07) is 27.6. The average molecular weight is 438 g/mol. The minimum absolute atomic E-state index is 0.0358. The van der Waals surface area contributed by atoms with Crippen molar-refractivity contribution in [3.63, 3.8) is 0 Å². The van der Waals surface area contributed by atoms with E-state index in [2.05, 4.69) is 30.3 Å². The van der Waals surface area contributed by atoms with E-state index in [4.69, 9.17) is 9.60 Å². The SMILES string of the molecule is [2H]c1cc([2H])c(-c2c3ccccc3c(-c3ccc4ccc5ccccc5c4c3)c3c([2H])c([2H])c([2H])c([2H])c23)c([2H])c1. The largest absolute Gasteiger partial charge is 0.0629 e. The Morgan fingerprint density at radius 3 is 1.65 bits per heavy atom. The normalized spacial score (nSPS) is 14.4. The van der Waals surface area contributed by atoms with Crippen molar-refractivity contribution in [3.8, 4) is 22.3 Å². The summed E-state index contributed by atoms with van der Waals surface area (Å²) in [7, 11) is 0. The maximum absolute atomic E-state index is 9.07. The predicted molar refractivity (Wildman–Crippen MR) is 147 cm³/mol. The van der Waals surface area contributed by atoms with Crippen LogP contribution in [0.3, 0.4) is 0 Å². The summed E-state index contributed by atoms with van der Waals surface area (Å²) in [6.07, 6.45) is 0. The first-order chi connectivity index (χ1) is 19.8. The molecule has 0 N–H and O–H groups in total. The van der Waals surface area contributed by atoms with Crippen LogP contribution in [0, 0.1) is 0 Å². The molecule has 0 spiro atoms. The Kier molecular flexibility index (Phi) is 2.97. The van der Waals surface area contributed by atoms with E-state index in [1.54, 1.807) is 0 Å². The average Bonchev–Trinajstić information content (AvgIpc) is 2.97. The number of rotatable bonds is 2. The van der Waals surface area contributed by atoms with E-state index >= 15 is 0 Å². The van der Waals surface area contributed by atoms with Gasteiger partial charge in [-0.1, -0.05) is 127 Å². The molecule has 0 amide bonds. The first-order valence-corrected chi connectivity index (χ1v) is 11.2. The lowest BCUT2D eigenvalue weighted by Gasteiger charge is -2.18. The number of hydrogen-bond acceptors (Lipinski definition) is 0. The Morgan fingerprint density at radius 1 is 0.382 bits per heavy atom. The Labute approximate surface area is 208 Å². The van der Waals surface area contributed by atoms with E-state index in [-0.39, 0.29) is 53.2 Å². The summed E-state index contributed by atoms with van der Waals surface area (Å²) in [5.41, 5.74) is 2.14. The molecule has 0 atom stereocenters. The van der Waals surface area contributed by atoms with Crippen LogP contribution in [0.1, 0.15) is 9.60 Å². The summed E-state index contributed by atoms with van der Waals surface area (Å²) in [6.45, 7) is 0. The van der Waals surface area contributed by atoms with Gasteiger partial charge in [0.1, 0.15) is 0 Å². The van der Waals surface area contributed by atoms with Gasteiger partial charge < -0.3 is 0 Å². The molecule has 0 heterocycles. The van der Waals surface area contributed by atoms with Gasteiger partial charge >= 0.3 is 0 Å². The van der Waals surface area contributed by atoms with Crippen molar-refractivity contribution >= 4 is 43.1 Å². The van der Waals surface area contributed by atoms with Crippen LogP contribution in [0.25, 0.3) is 65.3 Å². The topological polar surface area (TPSA) is 0 Å². The first kappa shape index (κ1) is 13.3. The van der Waals surface area contributed by atoms with Gasteiger partial charge in [-0.2, -0.15) is 0 Å². The molecule has 0 bridgehead atoms. The molecule has 7 aromatic rings. The molecule has 0 saturated heterocycles. The van der Waals surface area contributed by atoms with Crippen LogP contribution >= 0.6 is 0 Å². The van der Waals surface area contributed by atoms with Crippen molar-refractivity contribution in [2.45, 2.75) is 0 Å². The molecular formula is C34H22. The second-order valence-corrected chi connectivity index (χ2v) is 8.39. The molecule has 0 aliphatic heterocycles. The third-order valence-electron chi connectivity index (χ3n) is 6.54. The fraction of sp³-hybridized carbons (Fsp3) is 0. The van der Waals surface area contributed by atoms with Gasteiger partial charge in [-0.05, 0) is 71.4 Å². The van der Waals surface area contributed by atoms with Crippen molar-refractivity contribution in [2.75, 3.05) is 0 Å². The lowest BCUT2D eigenvalue weighted by Crippen LogP contribution is -1.91. The highest BCUT2D eigenvalue weighted by Crippen LogP contribution is 2.44. The van der Waals surface area contributed by atoms with Gasteiger partial charge in [0.2, 0.25) is 0 Å². The molecule has 7 aromatic carbocycles. The van der Waals surface area contributed by atoms with E-state index in [9.17, 15) is 0 Å². The molecule has 0 heteroatoms. The lowest BCUT2D eigenvalue weighted by atomic mass is 9.85. The van der Waals surface area contributed by atoms with Crippen LogP contribution in [0.15, 0.2) is 133 Å². The highest BCUT2D eigenvalue weighted by atomic mass is 14.2. The highest BCUT2D eigenvalue weighted by Gasteiger charge is 2.16. The zero-order valence-electron chi connectivity index (χ0n) is 25.2. The van der Waals surface area contributed by atoms with E-state index in [0.29, 0.717) is 21.9 Å². The van der Waals surface area contributed by atoms with Crippen LogP contribution in [0.2, 0.25) is 0 Å². The maximum Gasteiger partial charge on any atom is 0.0629 e. The molecule has 0 saturated carbocycles. The Morgan fingerprint density at radius 2 is 0.941 bits per heavy atom. The Bertz CT molecular complexity index is 2210. The van der Waals surface area contributed by atoms with Crippen molar-refractivity contribution in [1.82, 2.24) is 0 Å². The Hall–Kier alpha value is -4.42. The lowest BCUT2D eigenvalue weighted by molar-refractivity contribution is 1.66. The highest BCUT2D eigenvalue weighted by molar-refractivity contribution is 6.22. The van der Waals surface area contributed by atoms with Crippen molar-refractivity contribution in [1.29, 1.82) is 0 Å². The first-order valence-electron chi connectivity index (χ1n) is 14.7. The molecule has 34 heavy (non-hydrogen) atoms. The van der Waals surface area contributed by atoms with Gasteiger partial charge in [0.05, 0.1) is 9.60 Å². The van der Waals surface area contributed by atoms with Gasteiger partial charge in [-0.3, -0.25) is 0 Å². The minimum atomic E-state index is -0.371. The molecule has 0 unspecified atom stereocenters. The standard InChI is InChI=1S/C34H22/c1-2-11-25(12-3-1)33-28-14-6-8-16-30(28)34(31-17-9-7-15-29(31)33)26-21-20-24-19-18-23-10-4-5-13-27(23)32(24)22-26/h1-22H/i1D,6D,8D,11D,12D,14D,16D. The van der Waals surface area contributed by atoms with Gasteiger partial charge in [0.15, 0.2) is 0 Å². The monoisotopic (exact) mass is 437 g/mol. The van der Waals surface area contributed by atoms with Gasteiger partial charge in [-0.25, -0.2) is 0 Å². The van der Waals surface area contributed by atoms with Gasteiger partial charge in [0.25, 0.3) is 0 Å². The van der Waals surface area contributed by atoms with Crippen LogP contribution in [-0.2, 0) is 0 Å². The summed E-state index contributed by atoms with van der Waals surface area (Å²) in [5.74, 6) is 0. The van der Waals surface area contributed by atoms with Crippen LogP contribution in [0.4, 0.5) is 0 Å². The fourth-order valence-electron chi connectivity index (χ4n) is 5.05. The van der Waals surface area contributed by atoms with Crippen LogP contribution < -0.4 is 0 Å². The molecule has 7 rings (SSSR count). The van der Waals surface area contributed by atoms with Gasteiger partial charge in [0, 0.05) is 0 Å². The fourth-order valence-corrected chi connectivity index (χ4v) is 5.05. The molecule has 0 nitrogen and oxygen atoms in total. The summed E-state index contributed by atoms with van der Waals surface area (Å²) < 4.78 is 60.6. The smallest absolute Gasteiger partial charge is 0.0622 e. The Balaban J connectivity index is 1.73. The zero-order chi connectivity index (χ0) is 28.6. The zero-order valence-corrected chi connectivity index (χ0v) is 18.2. The summed E-state index contributed by atoms with van der Waals surface area (Å²) >= 11 is 0. The van der Waals surface area contributed by atoms with Crippen LogP contribution in [0.5, 0.6) is 0 Å². The number of fused-ring (bicyclic) bond motifs is 5. The molecule has 0 aliphatic rings. The molecule has 158 valence electrons. The van der Waals surface area contributed by atoms with Crippen LogP contribution in [-0.4, -0.2) is 0 Å².